The summed E-state index contributed by atoms with van der Waals surface area (Å²) in [6, 6.07) is 0.0397. The highest BCUT2D eigenvalue weighted by molar-refractivity contribution is 5.84. The van der Waals surface area contributed by atoms with E-state index in [2.05, 4.69) is 19.2 Å². The number of ether oxygens (including phenoxy) is 1. The molecule has 2 rings (SSSR count). The van der Waals surface area contributed by atoms with E-state index in [1.54, 1.807) is 0 Å². The Kier molecular flexibility index (Phi) is 5.64. The largest absolute Gasteiger partial charge is 0.376 e. The molecular weight excluding hydrogens is 240 g/mol. The number of rotatable bonds is 7. The third kappa shape index (κ3) is 3.69. The van der Waals surface area contributed by atoms with Crippen molar-refractivity contribution in [1.82, 2.24) is 10.2 Å². The summed E-state index contributed by atoms with van der Waals surface area (Å²) in [7, 11) is 0. The fraction of sp³-hybridized carbons (Fsp3) is 0.933. The van der Waals surface area contributed by atoms with E-state index < -0.39 is 0 Å². The molecule has 3 atom stereocenters. The highest BCUT2D eigenvalue weighted by Crippen LogP contribution is 2.22. The quantitative estimate of drug-likeness (QED) is 0.770. The first-order chi connectivity index (χ1) is 9.26. The van der Waals surface area contributed by atoms with Gasteiger partial charge in [0, 0.05) is 13.2 Å². The molecule has 110 valence electrons. The molecule has 0 spiro atoms. The number of carbonyl (C=O) groups excluding carboxylic acids is 1. The van der Waals surface area contributed by atoms with Gasteiger partial charge in [-0.05, 0) is 25.7 Å². The lowest BCUT2D eigenvalue weighted by Crippen LogP contribution is -2.41. The normalized spacial score (nSPS) is 31.4. The lowest BCUT2D eigenvalue weighted by atomic mass is 10.1. The molecule has 0 aromatic rings. The molecule has 0 bridgehead atoms. The van der Waals surface area contributed by atoms with Gasteiger partial charge in [0.05, 0.1) is 18.3 Å². The second-order valence-corrected chi connectivity index (χ2v) is 5.79. The van der Waals surface area contributed by atoms with Gasteiger partial charge in [-0.2, -0.15) is 0 Å². The lowest BCUT2D eigenvalue weighted by molar-refractivity contribution is -0.131. The molecule has 4 nitrogen and oxygen atoms in total. The number of hydrogen-bond donors (Lipinski definition) is 1. The molecule has 19 heavy (non-hydrogen) atoms. The summed E-state index contributed by atoms with van der Waals surface area (Å²) < 4.78 is 5.68. The molecule has 2 saturated heterocycles. The SMILES string of the molecule is CCCCC1NC(CCC)N(CC2CCCO2)C1=O. The zero-order valence-electron chi connectivity index (χ0n) is 12.4. The zero-order valence-corrected chi connectivity index (χ0v) is 12.4. The minimum absolute atomic E-state index is 0.0397. The van der Waals surface area contributed by atoms with Gasteiger partial charge in [0.15, 0.2) is 0 Å². The Morgan fingerprint density at radius 3 is 2.79 bits per heavy atom. The Bertz CT molecular complexity index is 290. The van der Waals surface area contributed by atoms with Crippen LogP contribution in [0.1, 0.15) is 58.8 Å². The van der Waals surface area contributed by atoms with Crippen LogP contribution in [0, 0.1) is 0 Å². The van der Waals surface area contributed by atoms with Crippen LogP contribution in [-0.2, 0) is 9.53 Å². The van der Waals surface area contributed by atoms with Crippen molar-refractivity contribution in [3.8, 4) is 0 Å². The predicted octanol–water partition coefficient (Wildman–Crippen LogP) is 2.28. The van der Waals surface area contributed by atoms with Gasteiger partial charge >= 0.3 is 0 Å². The second-order valence-electron chi connectivity index (χ2n) is 5.79. The minimum atomic E-state index is 0.0397. The van der Waals surface area contributed by atoms with Gasteiger partial charge in [-0.3, -0.25) is 10.1 Å². The van der Waals surface area contributed by atoms with Gasteiger partial charge in [0.25, 0.3) is 0 Å². The number of nitrogens with zero attached hydrogens (tertiary/aromatic N) is 1. The Hall–Kier alpha value is -0.610. The summed E-state index contributed by atoms with van der Waals surface area (Å²) >= 11 is 0. The van der Waals surface area contributed by atoms with E-state index in [9.17, 15) is 4.79 Å². The van der Waals surface area contributed by atoms with Crippen LogP contribution >= 0.6 is 0 Å². The van der Waals surface area contributed by atoms with Gasteiger partial charge in [-0.15, -0.1) is 0 Å². The molecule has 3 unspecified atom stereocenters. The number of hydrogen-bond acceptors (Lipinski definition) is 3. The fourth-order valence-corrected chi connectivity index (χ4v) is 3.10. The van der Waals surface area contributed by atoms with Crippen LogP contribution in [0.25, 0.3) is 0 Å². The van der Waals surface area contributed by atoms with Crippen LogP contribution in [-0.4, -0.2) is 42.3 Å². The molecule has 4 heteroatoms. The van der Waals surface area contributed by atoms with Crippen LogP contribution in [0.15, 0.2) is 0 Å². The van der Waals surface area contributed by atoms with Crippen molar-refractivity contribution in [3.05, 3.63) is 0 Å². The Labute approximate surface area is 116 Å². The van der Waals surface area contributed by atoms with Crippen LogP contribution in [0.3, 0.4) is 0 Å². The molecule has 0 aromatic carbocycles. The molecule has 1 amide bonds. The predicted molar refractivity (Wildman–Crippen MR) is 75.8 cm³/mol. The van der Waals surface area contributed by atoms with E-state index in [1.807, 2.05) is 4.90 Å². The second kappa shape index (κ2) is 7.25. The van der Waals surface area contributed by atoms with Gasteiger partial charge < -0.3 is 9.64 Å². The maximum absolute atomic E-state index is 12.5. The van der Waals surface area contributed by atoms with Crippen molar-refractivity contribution < 1.29 is 9.53 Å². The fourth-order valence-electron chi connectivity index (χ4n) is 3.10. The number of nitrogens with one attached hydrogen (secondary N) is 1. The van der Waals surface area contributed by atoms with E-state index in [0.29, 0.717) is 5.91 Å². The molecule has 1 N–H and O–H groups in total. The van der Waals surface area contributed by atoms with Crippen molar-refractivity contribution in [2.45, 2.75) is 77.1 Å². The average Bonchev–Trinajstić information content (AvgIpc) is 3.00. The molecule has 2 aliphatic rings. The van der Waals surface area contributed by atoms with Crippen molar-refractivity contribution in [2.75, 3.05) is 13.2 Å². The summed E-state index contributed by atoms with van der Waals surface area (Å²) in [5.74, 6) is 0.294. The molecule has 0 radical (unpaired) electrons. The molecule has 2 aliphatic heterocycles. The first kappa shape index (κ1) is 14.8. The summed E-state index contributed by atoms with van der Waals surface area (Å²) in [5, 5.41) is 3.52. The number of carbonyl (C=O) groups is 1. The third-order valence-corrected chi connectivity index (χ3v) is 4.18. The standard InChI is InChI=1S/C15H28N2O2/c1-3-5-9-13-15(18)17(14(16-13)7-4-2)11-12-8-6-10-19-12/h12-14,16H,3-11H2,1-2H3. The Balaban J connectivity index is 1.93. The first-order valence-electron chi connectivity index (χ1n) is 7.94. The van der Waals surface area contributed by atoms with Crippen LogP contribution in [0.2, 0.25) is 0 Å². The van der Waals surface area contributed by atoms with Gasteiger partial charge in [-0.25, -0.2) is 0 Å². The van der Waals surface area contributed by atoms with Crippen molar-refractivity contribution in [2.24, 2.45) is 0 Å². The highest BCUT2D eigenvalue weighted by Gasteiger charge is 2.39. The average molecular weight is 268 g/mol. The lowest BCUT2D eigenvalue weighted by Gasteiger charge is -2.26. The van der Waals surface area contributed by atoms with Crippen molar-refractivity contribution >= 4 is 5.91 Å². The van der Waals surface area contributed by atoms with E-state index in [1.165, 1.54) is 0 Å². The molecule has 2 fully saturated rings. The van der Waals surface area contributed by atoms with E-state index >= 15 is 0 Å². The monoisotopic (exact) mass is 268 g/mol. The van der Waals surface area contributed by atoms with Gasteiger partial charge in [0.2, 0.25) is 5.91 Å². The smallest absolute Gasteiger partial charge is 0.241 e. The maximum Gasteiger partial charge on any atom is 0.241 e. The molecule has 0 saturated carbocycles. The first-order valence-corrected chi connectivity index (χ1v) is 7.94. The molecule has 0 aliphatic carbocycles. The van der Waals surface area contributed by atoms with Crippen LogP contribution in [0.5, 0.6) is 0 Å². The minimum Gasteiger partial charge on any atom is -0.376 e. The topological polar surface area (TPSA) is 41.6 Å². The number of amides is 1. The Morgan fingerprint density at radius 2 is 2.16 bits per heavy atom. The molecular formula is C15H28N2O2. The maximum atomic E-state index is 12.5. The van der Waals surface area contributed by atoms with E-state index in [4.69, 9.17) is 4.74 Å². The van der Waals surface area contributed by atoms with E-state index in [-0.39, 0.29) is 18.3 Å². The highest BCUT2D eigenvalue weighted by atomic mass is 16.5. The Morgan fingerprint density at radius 1 is 1.32 bits per heavy atom. The molecule has 0 aromatic heterocycles. The zero-order chi connectivity index (χ0) is 13.7. The number of unbranched alkanes of at least 4 members (excludes halogenated alkanes) is 1. The van der Waals surface area contributed by atoms with Gasteiger partial charge in [0.1, 0.15) is 0 Å². The molecule has 2 heterocycles. The van der Waals surface area contributed by atoms with Crippen LogP contribution in [0.4, 0.5) is 0 Å². The summed E-state index contributed by atoms with van der Waals surface area (Å²) in [4.78, 5) is 14.5. The van der Waals surface area contributed by atoms with Crippen molar-refractivity contribution in [1.29, 1.82) is 0 Å². The van der Waals surface area contributed by atoms with Gasteiger partial charge in [-0.1, -0.05) is 33.1 Å². The third-order valence-electron chi connectivity index (χ3n) is 4.18. The summed E-state index contributed by atoms with van der Waals surface area (Å²) in [6.45, 7) is 5.99. The van der Waals surface area contributed by atoms with Crippen molar-refractivity contribution in [3.63, 3.8) is 0 Å². The van der Waals surface area contributed by atoms with E-state index in [0.717, 1.165) is 58.1 Å². The summed E-state index contributed by atoms with van der Waals surface area (Å²) in [5.41, 5.74) is 0. The van der Waals surface area contributed by atoms with Crippen LogP contribution < -0.4 is 5.32 Å². The summed E-state index contributed by atoms with van der Waals surface area (Å²) in [6.07, 6.45) is 8.11.